The number of aromatic nitrogens is 3. The Bertz CT molecular complexity index is 1110. The van der Waals surface area contributed by atoms with Crippen LogP contribution >= 0.6 is 22.6 Å². The van der Waals surface area contributed by atoms with Crippen molar-refractivity contribution in [3.8, 4) is 16.9 Å². The second-order valence-electron chi connectivity index (χ2n) is 6.25. The number of halogens is 1. The van der Waals surface area contributed by atoms with Crippen LogP contribution in [0, 0.1) is 10.5 Å². The lowest BCUT2D eigenvalue weighted by atomic mass is 10.0. The minimum absolute atomic E-state index is 0.652. The predicted molar refractivity (Wildman–Crippen MR) is 116 cm³/mol. The Hall–Kier alpha value is -2.61. The van der Waals surface area contributed by atoms with Crippen molar-refractivity contribution >= 4 is 34.1 Å². The number of anilines is 1. The maximum Gasteiger partial charge on any atom is 0.170 e. The molecule has 0 aliphatic carbocycles. The number of methoxy groups -OCH3 is 1. The van der Waals surface area contributed by atoms with Crippen LogP contribution in [-0.4, -0.2) is 21.7 Å². The summed E-state index contributed by atoms with van der Waals surface area (Å²) in [5, 5.41) is 12.0. The molecular formula is C21H19IN4O. The third kappa shape index (κ3) is 3.37. The van der Waals surface area contributed by atoms with Crippen molar-refractivity contribution in [1.29, 1.82) is 0 Å². The van der Waals surface area contributed by atoms with Gasteiger partial charge < -0.3 is 10.1 Å². The van der Waals surface area contributed by atoms with Crippen molar-refractivity contribution in [2.45, 2.75) is 13.5 Å². The summed E-state index contributed by atoms with van der Waals surface area (Å²) >= 11 is 2.33. The zero-order valence-electron chi connectivity index (χ0n) is 15.1. The SMILES string of the molecule is COc1cccc(I)c1CNc1ccc(-c2ccccc2C)c2nncn12. The largest absolute Gasteiger partial charge is 0.496 e. The van der Waals surface area contributed by atoms with E-state index in [4.69, 9.17) is 4.74 Å². The van der Waals surface area contributed by atoms with E-state index in [0.29, 0.717) is 6.54 Å². The highest BCUT2D eigenvalue weighted by atomic mass is 127. The summed E-state index contributed by atoms with van der Waals surface area (Å²) in [6, 6.07) is 18.5. The molecule has 0 fully saturated rings. The molecule has 0 unspecified atom stereocenters. The van der Waals surface area contributed by atoms with Gasteiger partial charge in [-0.05, 0) is 64.9 Å². The smallest absolute Gasteiger partial charge is 0.170 e. The lowest BCUT2D eigenvalue weighted by molar-refractivity contribution is 0.410. The highest BCUT2D eigenvalue weighted by molar-refractivity contribution is 14.1. The summed E-state index contributed by atoms with van der Waals surface area (Å²) in [4.78, 5) is 0. The zero-order chi connectivity index (χ0) is 18.8. The van der Waals surface area contributed by atoms with E-state index in [2.05, 4.69) is 75.4 Å². The average Bonchev–Trinajstić information content (AvgIpc) is 3.17. The number of hydrogen-bond donors (Lipinski definition) is 1. The molecule has 0 saturated heterocycles. The molecule has 0 saturated carbocycles. The van der Waals surface area contributed by atoms with Crippen molar-refractivity contribution in [3.63, 3.8) is 0 Å². The summed E-state index contributed by atoms with van der Waals surface area (Å²) in [5.74, 6) is 1.82. The molecule has 0 spiro atoms. The van der Waals surface area contributed by atoms with Crippen molar-refractivity contribution < 1.29 is 4.74 Å². The number of ether oxygens (including phenoxy) is 1. The molecule has 4 aromatic rings. The molecule has 0 atom stereocenters. The van der Waals surface area contributed by atoms with Crippen LogP contribution in [0.1, 0.15) is 11.1 Å². The van der Waals surface area contributed by atoms with E-state index < -0.39 is 0 Å². The van der Waals surface area contributed by atoms with Gasteiger partial charge in [0.05, 0.1) is 7.11 Å². The quantitative estimate of drug-likeness (QED) is 0.421. The predicted octanol–water partition coefficient (Wildman–Crippen LogP) is 4.93. The molecule has 0 amide bonds. The van der Waals surface area contributed by atoms with Crippen LogP contribution in [0.4, 0.5) is 5.82 Å². The molecule has 2 aromatic heterocycles. The number of pyridine rings is 1. The van der Waals surface area contributed by atoms with Crippen LogP contribution in [0.3, 0.4) is 0 Å². The molecule has 2 heterocycles. The number of nitrogens with one attached hydrogen (secondary N) is 1. The van der Waals surface area contributed by atoms with Crippen LogP contribution in [0.25, 0.3) is 16.8 Å². The number of rotatable bonds is 5. The maximum atomic E-state index is 5.50. The van der Waals surface area contributed by atoms with Gasteiger partial charge in [0.25, 0.3) is 0 Å². The van der Waals surface area contributed by atoms with Gasteiger partial charge in [-0.3, -0.25) is 4.40 Å². The molecule has 2 aromatic carbocycles. The van der Waals surface area contributed by atoms with Gasteiger partial charge in [0.2, 0.25) is 0 Å². The molecule has 6 heteroatoms. The Balaban J connectivity index is 1.70. The Morgan fingerprint density at radius 1 is 1.04 bits per heavy atom. The molecular weight excluding hydrogens is 451 g/mol. The monoisotopic (exact) mass is 470 g/mol. The number of aryl methyl sites for hydroxylation is 1. The van der Waals surface area contributed by atoms with Gasteiger partial charge in [0, 0.05) is 21.2 Å². The average molecular weight is 470 g/mol. The van der Waals surface area contributed by atoms with E-state index in [9.17, 15) is 0 Å². The Kier molecular flexibility index (Phi) is 4.98. The zero-order valence-corrected chi connectivity index (χ0v) is 17.3. The number of benzene rings is 2. The van der Waals surface area contributed by atoms with Gasteiger partial charge in [-0.1, -0.05) is 30.3 Å². The lowest BCUT2D eigenvalue weighted by Crippen LogP contribution is -2.07. The van der Waals surface area contributed by atoms with Gasteiger partial charge in [-0.15, -0.1) is 10.2 Å². The van der Waals surface area contributed by atoms with E-state index in [1.165, 1.54) is 11.1 Å². The number of nitrogens with zero attached hydrogens (tertiary/aromatic N) is 3. The Labute approximate surface area is 171 Å². The van der Waals surface area contributed by atoms with Gasteiger partial charge in [-0.25, -0.2) is 0 Å². The van der Waals surface area contributed by atoms with Crippen LogP contribution in [-0.2, 0) is 6.54 Å². The fraction of sp³-hybridized carbons (Fsp3) is 0.143. The minimum Gasteiger partial charge on any atom is -0.496 e. The maximum absolute atomic E-state index is 5.50. The molecule has 0 radical (unpaired) electrons. The van der Waals surface area contributed by atoms with E-state index in [-0.39, 0.29) is 0 Å². The highest BCUT2D eigenvalue weighted by Gasteiger charge is 2.12. The first-order chi connectivity index (χ1) is 13.2. The third-order valence-corrected chi connectivity index (χ3v) is 5.64. The van der Waals surface area contributed by atoms with Crippen molar-refractivity contribution in [2.75, 3.05) is 12.4 Å². The number of hydrogen-bond acceptors (Lipinski definition) is 4. The van der Waals surface area contributed by atoms with Gasteiger partial charge >= 0.3 is 0 Å². The van der Waals surface area contributed by atoms with E-state index in [0.717, 1.165) is 31.9 Å². The molecule has 136 valence electrons. The first-order valence-electron chi connectivity index (χ1n) is 8.63. The van der Waals surface area contributed by atoms with Gasteiger partial charge in [0.1, 0.15) is 17.9 Å². The third-order valence-electron chi connectivity index (χ3n) is 4.63. The molecule has 1 N–H and O–H groups in total. The van der Waals surface area contributed by atoms with Gasteiger partial charge in [0.15, 0.2) is 5.65 Å². The minimum atomic E-state index is 0.652. The number of fused-ring (bicyclic) bond motifs is 1. The molecule has 0 aliphatic heterocycles. The van der Waals surface area contributed by atoms with E-state index in [1.807, 2.05) is 28.7 Å². The summed E-state index contributed by atoms with van der Waals surface area (Å²) in [7, 11) is 1.70. The first kappa shape index (κ1) is 17.8. The van der Waals surface area contributed by atoms with Crippen LogP contribution in [0.15, 0.2) is 60.9 Å². The Morgan fingerprint density at radius 2 is 1.89 bits per heavy atom. The molecule has 0 aliphatic rings. The fourth-order valence-electron chi connectivity index (χ4n) is 3.22. The van der Waals surface area contributed by atoms with Crippen molar-refractivity contribution in [1.82, 2.24) is 14.6 Å². The highest BCUT2D eigenvalue weighted by Crippen LogP contribution is 2.29. The van der Waals surface area contributed by atoms with Crippen LogP contribution < -0.4 is 10.1 Å². The summed E-state index contributed by atoms with van der Waals surface area (Å²) in [6.45, 7) is 2.76. The van der Waals surface area contributed by atoms with E-state index in [1.54, 1.807) is 13.4 Å². The Morgan fingerprint density at radius 3 is 2.70 bits per heavy atom. The van der Waals surface area contributed by atoms with Crippen molar-refractivity contribution in [2.24, 2.45) is 0 Å². The van der Waals surface area contributed by atoms with E-state index >= 15 is 0 Å². The molecule has 5 nitrogen and oxygen atoms in total. The van der Waals surface area contributed by atoms with Crippen LogP contribution in [0.5, 0.6) is 5.75 Å². The topological polar surface area (TPSA) is 51.5 Å². The van der Waals surface area contributed by atoms with Crippen LogP contribution in [0.2, 0.25) is 0 Å². The normalized spacial score (nSPS) is 10.9. The second-order valence-corrected chi connectivity index (χ2v) is 7.41. The molecule has 0 bridgehead atoms. The summed E-state index contributed by atoms with van der Waals surface area (Å²) in [5.41, 5.74) is 5.42. The lowest BCUT2D eigenvalue weighted by Gasteiger charge is -2.14. The second kappa shape index (κ2) is 7.56. The van der Waals surface area contributed by atoms with Gasteiger partial charge in [-0.2, -0.15) is 0 Å². The summed E-state index contributed by atoms with van der Waals surface area (Å²) < 4.78 is 8.65. The fourth-order valence-corrected chi connectivity index (χ4v) is 3.89. The molecule has 4 rings (SSSR count). The first-order valence-corrected chi connectivity index (χ1v) is 9.71. The molecule has 27 heavy (non-hydrogen) atoms. The standard InChI is InChI=1S/C21H19IN4O/c1-14-6-3-4-7-15(14)16-10-11-20(26-13-24-25-21(16)26)23-12-17-18(22)8-5-9-19(17)27-2/h3-11,13,23H,12H2,1-2H3. The van der Waals surface area contributed by atoms with Crippen molar-refractivity contribution in [3.05, 3.63) is 75.6 Å². The summed E-state index contributed by atoms with van der Waals surface area (Å²) in [6.07, 6.45) is 1.74.